The van der Waals surface area contributed by atoms with Crippen LogP contribution < -0.4 is 11.1 Å². The molecule has 0 bridgehead atoms. The van der Waals surface area contributed by atoms with E-state index in [-0.39, 0.29) is 17.4 Å². The highest BCUT2D eigenvalue weighted by atomic mass is 16.1. The Morgan fingerprint density at radius 2 is 1.94 bits per heavy atom. The Balaban J connectivity index is 2.28. The van der Waals surface area contributed by atoms with E-state index in [9.17, 15) is 4.79 Å². The van der Waals surface area contributed by atoms with Crippen molar-refractivity contribution in [1.29, 1.82) is 0 Å². The fraction of sp³-hybridized carbons (Fsp3) is 0.933. The molecule has 1 fully saturated rings. The molecule has 1 amide bonds. The zero-order chi connectivity index (χ0) is 13.8. The summed E-state index contributed by atoms with van der Waals surface area (Å²) in [6.45, 7) is 9.37. The molecule has 0 heterocycles. The second-order valence-electron chi connectivity index (χ2n) is 7.00. The predicted octanol–water partition coefficient (Wildman–Crippen LogP) is 2.69. The Labute approximate surface area is 112 Å². The summed E-state index contributed by atoms with van der Waals surface area (Å²) in [6, 6.07) is -0.0683. The summed E-state index contributed by atoms with van der Waals surface area (Å²) in [7, 11) is 0. The molecule has 0 aliphatic heterocycles. The zero-order valence-electron chi connectivity index (χ0n) is 12.5. The third-order valence-corrected chi connectivity index (χ3v) is 4.37. The molecule has 0 aromatic carbocycles. The van der Waals surface area contributed by atoms with E-state index in [1.165, 1.54) is 25.7 Å². The van der Waals surface area contributed by atoms with Gasteiger partial charge in [0, 0.05) is 19.0 Å². The summed E-state index contributed by atoms with van der Waals surface area (Å²) in [5.74, 6) is 1.51. The normalized spacial score (nSPS) is 26.7. The highest BCUT2D eigenvalue weighted by molar-refractivity contribution is 5.76. The van der Waals surface area contributed by atoms with Crippen molar-refractivity contribution >= 4 is 5.91 Å². The van der Waals surface area contributed by atoms with Crippen LogP contribution in [0.15, 0.2) is 0 Å². The second kappa shape index (κ2) is 6.55. The number of carbonyl (C=O) groups excluding carboxylic acids is 1. The molecule has 3 atom stereocenters. The molecule has 1 saturated carbocycles. The summed E-state index contributed by atoms with van der Waals surface area (Å²) in [5, 5.41) is 3.07. The highest BCUT2D eigenvalue weighted by Gasteiger charge is 2.25. The highest BCUT2D eigenvalue weighted by Crippen LogP contribution is 2.28. The Hall–Kier alpha value is -0.570. The number of rotatable bonds is 4. The maximum Gasteiger partial charge on any atom is 0.221 e. The van der Waals surface area contributed by atoms with E-state index in [1.54, 1.807) is 0 Å². The number of nitrogens with two attached hydrogens (primary N) is 1. The molecule has 3 N–H and O–H groups in total. The number of hydrogen-bond donors (Lipinski definition) is 2. The van der Waals surface area contributed by atoms with Crippen molar-refractivity contribution < 1.29 is 4.79 Å². The van der Waals surface area contributed by atoms with Gasteiger partial charge in [0.2, 0.25) is 5.91 Å². The van der Waals surface area contributed by atoms with Crippen molar-refractivity contribution in [2.75, 3.05) is 6.54 Å². The van der Waals surface area contributed by atoms with Crippen molar-refractivity contribution in [3.05, 3.63) is 0 Å². The minimum atomic E-state index is -0.0683. The molecular weight excluding hydrogens is 224 g/mol. The van der Waals surface area contributed by atoms with E-state index in [1.807, 2.05) is 0 Å². The van der Waals surface area contributed by atoms with E-state index < -0.39 is 0 Å². The molecule has 0 aromatic rings. The lowest BCUT2D eigenvalue weighted by atomic mass is 9.80. The Morgan fingerprint density at radius 1 is 1.33 bits per heavy atom. The second-order valence-corrected chi connectivity index (χ2v) is 7.00. The van der Waals surface area contributed by atoms with Gasteiger partial charge in [-0.25, -0.2) is 0 Å². The largest absolute Gasteiger partial charge is 0.356 e. The minimum absolute atomic E-state index is 0.00449. The van der Waals surface area contributed by atoms with E-state index in [2.05, 4.69) is 33.0 Å². The lowest BCUT2D eigenvalue weighted by Crippen LogP contribution is -2.41. The molecular formula is C15H30N2O. The van der Waals surface area contributed by atoms with Gasteiger partial charge in [-0.05, 0) is 23.7 Å². The Bertz CT molecular complexity index is 270. The SMILES string of the molecule is CC1CCCCC1CNC(=O)CC(N)C(C)(C)C. The standard InChI is InChI=1S/C15H30N2O/c1-11-7-5-6-8-12(11)10-17-14(18)9-13(16)15(2,3)4/h11-13H,5-10,16H2,1-4H3,(H,17,18). The minimum Gasteiger partial charge on any atom is -0.356 e. The first-order chi connectivity index (χ1) is 8.30. The molecule has 0 aromatic heterocycles. The molecule has 1 aliphatic rings. The molecule has 106 valence electrons. The molecule has 3 unspecified atom stereocenters. The average molecular weight is 254 g/mol. The van der Waals surface area contributed by atoms with Gasteiger partial charge in [0.25, 0.3) is 0 Å². The van der Waals surface area contributed by atoms with Gasteiger partial charge in [-0.1, -0.05) is 47.0 Å². The van der Waals surface area contributed by atoms with Crippen molar-refractivity contribution in [2.24, 2.45) is 23.0 Å². The van der Waals surface area contributed by atoms with Gasteiger partial charge >= 0.3 is 0 Å². The number of amides is 1. The molecule has 18 heavy (non-hydrogen) atoms. The number of nitrogens with one attached hydrogen (secondary N) is 1. The van der Waals surface area contributed by atoms with Crippen LogP contribution in [0.3, 0.4) is 0 Å². The van der Waals surface area contributed by atoms with Crippen LogP contribution in [0.2, 0.25) is 0 Å². The first kappa shape index (κ1) is 15.5. The van der Waals surface area contributed by atoms with E-state index >= 15 is 0 Å². The van der Waals surface area contributed by atoms with Gasteiger partial charge in [0.15, 0.2) is 0 Å². The summed E-state index contributed by atoms with van der Waals surface area (Å²) in [4.78, 5) is 11.9. The van der Waals surface area contributed by atoms with E-state index in [4.69, 9.17) is 5.73 Å². The number of carbonyl (C=O) groups is 1. The Kier molecular flexibility index (Phi) is 5.64. The van der Waals surface area contributed by atoms with Crippen LogP contribution in [0.25, 0.3) is 0 Å². The predicted molar refractivity (Wildman–Crippen MR) is 76.2 cm³/mol. The maximum absolute atomic E-state index is 11.9. The van der Waals surface area contributed by atoms with Crippen molar-refractivity contribution in [3.63, 3.8) is 0 Å². The van der Waals surface area contributed by atoms with Crippen LogP contribution in [0, 0.1) is 17.3 Å². The molecule has 0 radical (unpaired) electrons. The van der Waals surface area contributed by atoms with Gasteiger partial charge < -0.3 is 11.1 Å². The van der Waals surface area contributed by atoms with Crippen LogP contribution in [0.5, 0.6) is 0 Å². The average Bonchev–Trinajstić information content (AvgIpc) is 2.26. The van der Waals surface area contributed by atoms with Gasteiger partial charge in [-0.2, -0.15) is 0 Å². The molecule has 1 rings (SSSR count). The molecule has 1 aliphatic carbocycles. The van der Waals surface area contributed by atoms with Gasteiger partial charge in [-0.15, -0.1) is 0 Å². The summed E-state index contributed by atoms with van der Waals surface area (Å²) < 4.78 is 0. The smallest absolute Gasteiger partial charge is 0.221 e. The topological polar surface area (TPSA) is 55.1 Å². The van der Waals surface area contributed by atoms with Gasteiger partial charge in [0.1, 0.15) is 0 Å². The number of hydrogen-bond acceptors (Lipinski definition) is 2. The van der Waals surface area contributed by atoms with Gasteiger partial charge in [0.05, 0.1) is 0 Å². The van der Waals surface area contributed by atoms with Crippen LogP contribution >= 0.6 is 0 Å². The zero-order valence-corrected chi connectivity index (χ0v) is 12.5. The molecule has 0 saturated heterocycles. The fourth-order valence-electron chi connectivity index (χ4n) is 2.52. The van der Waals surface area contributed by atoms with Crippen LogP contribution in [0.1, 0.15) is 59.8 Å². The first-order valence-electron chi connectivity index (χ1n) is 7.33. The molecule has 3 nitrogen and oxygen atoms in total. The summed E-state index contributed by atoms with van der Waals surface area (Å²) in [5.41, 5.74) is 6.02. The van der Waals surface area contributed by atoms with Crippen molar-refractivity contribution in [1.82, 2.24) is 5.32 Å². The van der Waals surface area contributed by atoms with E-state index in [0.29, 0.717) is 12.3 Å². The summed E-state index contributed by atoms with van der Waals surface area (Å²) >= 11 is 0. The lowest BCUT2D eigenvalue weighted by molar-refractivity contribution is -0.122. The van der Waals surface area contributed by atoms with Crippen molar-refractivity contribution in [3.8, 4) is 0 Å². The fourth-order valence-corrected chi connectivity index (χ4v) is 2.52. The van der Waals surface area contributed by atoms with Crippen LogP contribution in [-0.4, -0.2) is 18.5 Å². The van der Waals surface area contributed by atoms with Crippen LogP contribution in [0.4, 0.5) is 0 Å². The third kappa shape index (κ3) is 4.97. The molecule has 3 heteroatoms. The summed E-state index contributed by atoms with van der Waals surface area (Å²) in [6.07, 6.45) is 5.66. The van der Waals surface area contributed by atoms with E-state index in [0.717, 1.165) is 12.5 Å². The Morgan fingerprint density at radius 3 is 2.50 bits per heavy atom. The van der Waals surface area contributed by atoms with Crippen LogP contribution in [-0.2, 0) is 4.79 Å². The van der Waals surface area contributed by atoms with Gasteiger partial charge in [-0.3, -0.25) is 4.79 Å². The maximum atomic E-state index is 11.9. The van der Waals surface area contributed by atoms with Crippen molar-refractivity contribution in [2.45, 2.75) is 65.8 Å². The monoisotopic (exact) mass is 254 g/mol. The first-order valence-corrected chi connectivity index (χ1v) is 7.33. The lowest BCUT2D eigenvalue weighted by Gasteiger charge is -2.30. The third-order valence-electron chi connectivity index (χ3n) is 4.37. The molecule has 0 spiro atoms. The quantitative estimate of drug-likeness (QED) is 0.810.